The van der Waals surface area contributed by atoms with E-state index in [2.05, 4.69) is 10.3 Å². The quantitative estimate of drug-likeness (QED) is 0.894. The summed E-state index contributed by atoms with van der Waals surface area (Å²) in [6.07, 6.45) is 1.08. The van der Waals surface area contributed by atoms with Crippen LogP contribution in [0.1, 0.15) is 37.4 Å². The predicted molar refractivity (Wildman–Crippen MR) is 80.8 cm³/mol. The van der Waals surface area contributed by atoms with Gasteiger partial charge >= 0.3 is 6.03 Å². The summed E-state index contributed by atoms with van der Waals surface area (Å²) in [5.74, 6) is -0.0278. The molecule has 0 saturated carbocycles. The zero-order valence-electron chi connectivity index (χ0n) is 12.4. The van der Waals surface area contributed by atoms with Gasteiger partial charge in [-0.1, -0.05) is 13.8 Å². The second-order valence-electron chi connectivity index (χ2n) is 5.91. The number of rotatable bonds is 3. The van der Waals surface area contributed by atoms with Crippen LogP contribution in [0.15, 0.2) is 18.2 Å². The molecule has 0 unspecified atom stereocenters. The van der Waals surface area contributed by atoms with E-state index >= 15 is 0 Å². The van der Waals surface area contributed by atoms with Gasteiger partial charge in [-0.05, 0) is 36.1 Å². The number of nitrogens with one attached hydrogen (secondary N) is 2. The summed E-state index contributed by atoms with van der Waals surface area (Å²) in [5, 5.41) is 3.71. The van der Waals surface area contributed by atoms with Crippen LogP contribution in [0.4, 0.5) is 9.18 Å². The number of likely N-dealkylation sites (tertiary alicyclic amines) is 1. The van der Waals surface area contributed by atoms with E-state index in [0.29, 0.717) is 12.1 Å². The lowest BCUT2D eigenvalue weighted by molar-refractivity contribution is 0.167. The fraction of sp³-hybridized carbons (Fsp3) is 0.438. The van der Waals surface area contributed by atoms with E-state index in [-0.39, 0.29) is 17.8 Å². The van der Waals surface area contributed by atoms with E-state index in [1.807, 2.05) is 26.0 Å². The van der Waals surface area contributed by atoms with Crippen molar-refractivity contribution in [3.05, 3.63) is 35.3 Å². The molecule has 1 aliphatic rings. The molecule has 5 heteroatoms. The van der Waals surface area contributed by atoms with Crippen molar-refractivity contribution in [3.63, 3.8) is 0 Å². The molecule has 2 aromatic rings. The summed E-state index contributed by atoms with van der Waals surface area (Å²) in [4.78, 5) is 16.8. The molecule has 0 bridgehead atoms. The number of amides is 2. The Morgan fingerprint density at radius 1 is 1.38 bits per heavy atom. The third-order valence-electron chi connectivity index (χ3n) is 3.99. The molecule has 21 heavy (non-hydrogen) atoms. The molecule has 2 amide bonds. The average molecular weight is 289 g/mol. The third kappa shape index (κ3) is 2.73. The van der Waals surface area contributed by atoms with Gasteiger partial charge in [-0.15, -0.1) is 0 Å². The molecule has 2 heterocycles. The molecule has 3 rings (SSSR count). The SMILES string of the molecule is CC(C)c1cc2[nH]c(CNC(=O)N3CCC3)cc2cc1F. The summed E-state index contributed by atoms with van der Waals surface area (Å²) < 4.78 is 14.0. The number of hydrogen-bond donors (Lipinski definition) is 2. The Hall–Kier alpha value is -2.04. The van der Waals surface area contributed by atoms with Gasteiger partial charge in [0.05, 0.1) is 6.54 Å². The molecule has 0 spiro atoms. The minimum atomic E-state index is -0.173. The fourth-order valence-electron chi connectivity index (χ4n) is 2.57. The molecule has 1 aliphatic heterocycles. The van der Waals surface area contributed by atoms with Crippen LogP contribution in [-0.4, -0.2) is 29.0 Å². The maximum absolute atomic E-state index is 14.0. The Labute approximate surface area is 123 Å². The van der Waals surface area contributed by atoms with Crippen molar-refractivity contribution in [2.75, 3.05) is 13.1 Å². The topological polar surface area (TPSA) is 48.1 Å². The van der Waals surface area contributed by atoms with Gasteiger partial charge in [0.2, 0.25) is 0 Å². The highest BCUT2D eigenvalue weighted by Crippen LogP contribution is 2.25. The highest BCUT2D eigenvalue weighted by atomic mass is 19.1. The van der Waals surface area contributed by atoms with Crippen LogP contribution < -0.4 is 5.32 Å². The first kappa shape index (κ1) is 13.9. The largest absolute Gasteiger partial charge is 0.357 e. The van der Waals surface area contributed by atoms with Gasteiger partial charge in [-0.25, -0.2) is 9.18 Å². The van der Waals surface area contributed by atoms with Crippen LogP contribution in [0.3, 0.4) is 0 Å². The number of H-pyrrole nitrogens is 1. The van der Waals surface area contributed by atoms with Gasteiger partial charge in [-0.2, -0.15) is 0 Å². The number of carbonyl (C=O) groups excluding carboxylic acids is 1. The molecular weight excluding hydrogens is 269 g/mol. The second-order valence-corrected chi connectivity index (χ2v) is 5.91. The molecule has 4 nitrogen and oxygen atoms in total. The standard InChI is InChI=1S/C16H20FN3O/c1-10(2)13-8-15-11(7-14(13)17)6-12(19-15)9-18-16(21)20-4-3-5-20/h6-8,10,19H,3-5,9H2,1-2H3,(H,18,21). The van der Waals surface area contributed by atoms with Gasteiger partial charge in [0.15, 0.2) is 0 Å². The number of aromatic amines is 1. The lowest BCUT2D eigenvalue weighted by Gasteiger charge is -2.30. The number of benzene rings is 1. The smallest absolute Gasteiger partial charge is 0.317 e. The minimum absolute atomic E-state index is 0.0334. The molecule has 1 aromatic heterocycles. The fourth-order valence-corrected chi connectivity index (χ4v) is 2.57. The van der Waals surface area contributed by atoms with Gasteiger partial charge in [0.1, 0.15) is 5.82 Å². The van der Waals surface area contributed by atoms with Gasteiger partial charge in [0, 0.05) is 29.7 Å². The van der Waals surface area contributed by atoms with Crippen molar-refractivity contribution in [3.8, 4) is 0 Å². The zero-order valence-corrected chi connectivity index (χ0v) is 12.4. The Balaban J connectivity index is 1.75. The lowest BCUT2D eigenvalue weighted by atomic mass is 10.0. The molecule has 0 aliphatic carbocycles. The van der Waals surface area contributed by atoms with E-state index in [9.17, 15) is 9.18 Å². The van der Waals surface area contributed by atoms with Gasteiger partial charge in [0.25, 0.3) is 0 Å². The van der Waals surface area contributed by atoms with Crippen molar-refractivity contribution < 1.29 is 9.18 Å². The first-order valence-corrected chi connectivity index (χ1v) is 7.38. The molecule has 112 valence electrons. The Morgan fingerprint density at radius 3 is 2.76 bits per heavy atom. The molecule has 0 radical (unpaired) electrons. The lowest BCUT2D eigenvalue weighted by Crippen LogP contribution is -2.47. The summed E-state index contributed by atoms with van der Waals surface area (Å²) in [6, 6.07) is 5.27. The van der Waals surface area contributed by atoms with E-state index in [1.54, 1.807) is 11.0 Å². The van der Waals surface area contributed by atoms with Crippen LogP contribution >= 0.6 is 0 Å². The normalized spacial score (nSPS) is 14.6. The second kappa shape index (κ2) is 5.39. The zero-order chi connectivity index (χ0) is 15.0. The molecule has 2 N–H and O–H groups in total. The van der Waals surface area contributed by atoms with Crippen molar-refractivity contribution in [1.82, 2.24) is 15.2 Å². The Kier molecular flexibility index (Phi) is 3.57. The predicted octanol–water partition coefficient (Wildman–Crippen LogP) is 3.35. The van der Waals surface area contributed by atoms with Crippen molar-refractivity contribution in [2.24, 2.45) is 0 Å². The van der Waals surface area contributed by atoms with E-state index < -0.39 is 0 Å². The molecular formula is C16H20FN3O. The third-order valence-corrected chi connectivity index (χ3v) is 3.99. The Bertz CT molecular complexity index is 673. The monoisotopic (exact) mass is 289 g/mol. The minimum Gasteiger partial charge on any atom is -0.357 e. The summed E-state index contributed by atoms with van der Waals surface area (Å²) in [5.41, 5.74) is 2.51. The molecule has 1 saturated heterocycles. The summed E-state index contributed by atoms with van der Waals surface area (Å²) in [6.45, 7) is 6.05. The molecule has 1 fully saturated rings. The van der Waals surface area contributed by atoms with Crippen molar-refractivity contribution in [1.29, 1.82) is 0 Å². The average Bonchev–Trinajstić information content (AvgIpc) is 2.74. The van der Waals surface area contributed by atoms with E-state index in [4.69, 9.17) is 0 Å². The van der Waals surface area contributed by atoms with Crippen LogP contribution in [0, 0.1) is 5.82 Å². The number of hydrogen-bond acceptors (Lipinski definition) is 1. The number of aromatic nitrogens is 1. The highest BCUT2D eigenvalue weighted by molar-refractivity contribution is 5.82. The van der Waals surface area contributed by atoms with Crippen molar-refractivity contribution >= 4 is 16.9 Å². The van der Waals surface area contributed by atoms with Crippen LogP contribution in [0.5, 0.6) is 0 Å². The Morgan fingerprint density at radius 2 is 2.14 bits per heavy atom. The van der Waals surface area contributed by atoms with Crippen LogP contribution in [-0.2, 0) is 6.54 Å². The number of nitrogens with zero attached hydrogens (tertiary/aromatic N) is 1. The molecule has 0 atom stereocenters. The molecule has 1 aromatic carbocycles. The maximum Gasteiger partial charge on any atom is 0.317 e. The number of halogens is 1. The maximum atomic E-state index is 14.0. The number of urea groups is 1. The van der Waals surface area contributed by atoms with Crippen molar-refractivity contribution in [2.45, 2.75) is 32.7 Å². The summed E-state index contributed by atoms with van der Waals surface area (Å²) in [7, 11) is 0. The number of carbonyl (C=O) groups is 1. The number of fused-ring (bicyclic) bond motifs is 1. The first-order chi connectivity index (χ1) is 10.0. The van der Waals surface area contributed by atoms with Crippen LogP contribution in [0.2, 0.25) is 0 Å². The summed E-state index contributed by atoms with van der Waals surface area (Å²) >= 11 is 0. The first-order valence-electron chi connectivity index (χ1n) is 7.38. The highest BCUT2D eigenvalue weighted by Gasteiger charge is 2.19. The van der Waals surface area contributed by atoms with Crippen LogP contribution in [0.25, 0.3) is 10.9 Å². The van der Waals surface area contributed by atoms with E-state index in [0.717, 1.165) is 36.1 Å². The van der Waals surface area contributed by atoms with Gasteiger partial charge in [-0.3, -0.25) is 0 Å². The van der Waals surface area contributed by atoms with E-state index in [1.165, 1.54) is 0 Å². The van der Waals surface area contributed by atoms with Gasteiger partial charge < -0.3 is 15.2 Å².